The maximum absolute atomic E-state index is 11.5. The van der Waals surface area contributed by atoms with Crippen LogP contribution in [0.15, 0.2) is 17.7 Å². The zero-order chi connectivity index (χ0) is 16.1. The van der Waals surface area contributed by atoms with Crippen LogP contribution in [0.5, 0.6) is 5.75 Å². The lowest BCUT2D eigenvalue weighted by molar-refractivity contribution is -0.121. The van der Waals surface area contributed by atoms with Gasteiger partial charge in [0.25, 0.3) is 0 Å². The van der Waals surface area contributed by atoms with Gasteiger partial charge in [0.2, 0.25) is 5.91 Å². The molecule has 2 rings (SSSR count). The third-order valence-electron chi connectivity index (χ3n) is 3.13. The summed E-state index contributed by atoms with van der Waals surface area (Å²) in [4.78, 5) is 11.5. The van der Waals surface area contributed by atoms with Crippen molar-refractivity contribution in [2.45, 2.75) is 26.3 Å². The van der Waals surface area contributed by atoms with Crippen molar-refractivity contribution in [3.05, 3.63) is 33.3 Å². The summed E-state index contributed by atoms with van der Waals surface area (Å²) in [6, 6.07) is 3.68. The Kier molecular flexibility index (Phi) is 6.12. The number of ether oxygens (including phenoxy) is 1. The summed E-state index contributed by atoms with van der Waals surface area (Å²) < 4.78 is 5.67. The highest BCUT2D eigenvalue weighted by molar-refractivity contribution is 6.36. The van der Waals surface area contributed by atoms with Crippen LogP contribution >= 0.6 is 23.2 Å². The van der Waals surface area contributed by atoms with Crippen LogP contribution in [0.4, 0.5) is 0 Å². The van der Waals surface area contributed by atoms with Crippen molar-refractivity contribution in [2.75, 3.05) is 19.7 Å². The summed E-state index contributed by atoms with van der Waals surface area (Å²) in [5, 5.41) is 7.21. The van der Waals surface area contributed by atoms with Gasteiger partial charge in [-0.1, -0.05) is 23.2 Å². The molecule has 22 heavy (non-hydrogen) atoms. The molecular formula is C16H20Cl2N2O2. The van der Waals surface area contributed by atoms with E-state index in [-0.39, 0.29) is 11.9 Å². The predicted octanol–water partition coefficient (Wildman–Crippen LogP) is 3.27. The Balaban J connectivity index is 1.84. The first-order valence-electron chi connectivity index (χ1n) is 7.27. The third kappa shape index (κ3) is 4.90. The molecule has 0 spiro atoms. The van der Waals surface area contributed by atoms with Crippen molar-refractivity contribution >= 4 is 35.2 Å². The quantitative estimate of drug-likeness (QED) is 0.780. The fourth-order valence-electron chi connectivity index (χ4n) is 2.21. The van der Waals surface area contributed by atoms with Crippen molar-refractivity contribution in [3.8, 4) is 5.75 Å². The van der Waals surface area contributed by atoms with Gasteiger partial charge < -0.3 is 15.4 Å². The first-order chi connectivity index (χ1) is 10.5. The van der Waals surface area contributed by atoms with E-state index in [1.807, 2.05) is 26.0 Å². The largest absolute Gasteiger partial charge is 0.487 e. The Morgan fingerprint density at radius 3 is 2.86 bits per heavy atom. The molecule has 0 unspecified atom stereocenters. The SMILES string of the molecule is CC(C)NC(=O)CCNCC1=Cc2cc(Cl)cc(Cl)c2OC1. The van der Waals surface area contributed by atoms with Crippen molar-refractivity contribution in [1.82, 2.24) is 10.6 Å². The van der Waals surface area contributed by atoms with Gasteiger partial charge in [0, 0.05) is 36.1 Å². The molecule has 0 saturated heterocycles. The fourth-order valence-corrected chi connectivity index (χ4v) is 2.78. The van der Waals surface area contributed by atoms with Gasteiger partial charge in [-0.15, -0.1) is 0 Å². The average molecular weight is 343 g/mol. The molecule has 0 saturated carbocycles. The molecule has 120 valence electrons. The van der Waals surface area contributed by atoms with Gasteiger partial charge in [-0.2, -0.15) is 0 Å². The number of rotatable bonds is 6. The molecule has 0 bridgehead atoms. The lowest BCUT2D eigenvalue weighted by Gasteiger charge is -2.19. The molecular weight excluding hydrogens is 323 g/mol. The molecule has 0 atom stereocenters. The topological polar surface area (TPSA) is 50.4 Å². The van der Waals surface area contributed by atoms with Crippen LogP contribution < -0.4 is 15.4 Å². The van der Waals surface area contributed by atoms with E-state index in [2.05, 4.69) is 10.6 Å². The summed E-state index contributed by atoms with van der Waals surface area (Å²) in [6.45, 7) is 5.67. The summed E-state index contributed by atoms with van der Waals surface area (Å²) in [6.07, 6.45) is 2.48. The summed E-state index contributed by atoms with van der Waals surface area (Å²) in [5.74, 6) is 0.728. The predicted molar refractivity (Wildman–Crippen MR) is 90.7 cm³/mol. The van der Waals surface area contributed by atoms with E-state index < -0.39 is 0 Å². The Labute approximate surface area is 140 Å². The lowest BCUT2D eigenvalue weighted by Crippen LogP contribution is -2.33. The number of amides is 1. The molecule has 2 N–H and O–H groups in total. The van der Waals surface area contributed by atoms with Gasteiger partial charge >= 0.3 is 0 Å². The second-order valence-corrected chi connectivity index (χ2v) is 6.39. The number of halogens is 2. The zero-order valence-electron chi connectivity index (χ0n) is 12.7. The maximum Gasteiger partial charge on any atom is 0.221 e. The minimum absolute atomic E-state index is 0.0558. The molecule has 1 aromatic carbocycles. The van der Waals surface area contributed by atoms with E-state index in [0.717, 1.165) is 11.1 Å². The van der Waals surface area contributed by atoms with Crippen molar-refractivity contribution in [1.29, 1.82) is 0 Å². The lowest BCUT2D eigenvalue weighted by atomic mass is 10.1. The third-order valence-corrected chi connectivity index (χ3v) is 3.63. The van der Waals surface area contributed by atoms with Crippen LogP contribution in [-0.2, 0) is 4.79 Å². The van der Waals surface area contributed by atoms with Crippen molar-refractivity contribution in [2.24, 2.45) is 0 Å². The average Bonchev–Trinajstić information content (AvgIpc) is 2.42. The molecule has 1 heterocycles. The van der Waals surface area contributed by atoms with E-state index in [1.165, 1.54) is 0 Å². The minimum atomic E-state index is 0.0558. The monoisotopic (exact) mass is 342 g/mol. The number of benzene rings is 1. The second kappa shape index (κ2) is 7.86. The normalized spacial score (nSPS) is 13.4. The molecule has 0 aliphatic carbocycles. The molecule has 1 aliphatic heterocycles. The van der Waals surface area contributed by atoms with E-state index >= 15 is 0 Å². The molecule has 0 radical (unpaired) electrons. The van der Waals surface area contributed by atoms with Crippen LogP contribution in [0.2, 0.25) is 10.0 Å². The smallest absolute Gasteiger partial charge is 0.221 e. The van der Waals surface area contributed by atoms with Gasteiger partial charge in [0.1, 0.15) is 12.4 Å². The van der Waals surface area contributed by atoms with Crippen LogP contribution in [0.1, 0.15) is 25.8 Å². The Morgan fingerprint density at radius 2 is 2.14 bits per heavy atom. The number of hydrogen-bond donors (Lipinski definition) is 2. The van der Waals surface area contributed by atoms with E-state index in [0.29, 0.717) is 41.9 Å². The van der Waals surface area contributed by atoms with Gasteiger partial charge in [0.15, 0.2) is 0 Å². The molecule has 1 amide bonds. The standard InChI is InChI=1S/C16H20Cl2N2O2/c1-10(2)20-15(21)3-4-19-8-11-5-12-6-13(17)7-14(18)16(12)22-9-11/h5-7,10,19H,3-4,8-9H2,1-2H3,(H,20,21). The van der Waals surface area contributed by atoms with E-state index in [1.54, 1.807) is 6.07 Å². The van der Waals surface area contributed by atoms with Crippen molar-refractivity contribution < 1.29 is 9.53 Å². The van der Waals surface area contributed by atoms with Gasteiger partial charge in [-0.25, -0.2) is 0 Å². The molecule has 4 nitrogen and oxygen atoms in total. The first kappa shape index (κ1) is 17.1. The Morgan fingerprint density at radius 1 is 1.36 bits per heavy atom. The molecule has 1 aromatic rings. The fraction of sp³-hybridized carbons (Fsp3) is 0.438. The molecule has 1 aliphatic rings. The minimum Gasteiger partial charge on any atom is -0.487 e. The van der Waals surface area contributed by atoms with Crippen molar-refractivity contribution in [3.63, 3.8) is 0 Å². The van der Waals surface area contributed by atoms with Crippen LogP contribution in [-0.4, -0.2) is 31.6 Å². The van der Waals surface area contributed by atoms with Crippen LogP contribution in [0.3, 0.4) is 0 Å². The van der Waals surface area contributed by atoms with Crippen LogP contribution in [0, 0.1) is 0 Å². The Hall–Kier alpha value is -1.23. The van der Waals surface area contributed by atoms with Crippen LogP contribution in [0.25, 0.3) is 6.08 Å². The van der Waals surface area contributed by atoms with Gasteiger partial charge in [-0.05, 0) is 37.6 Å². The number of carbonyl (C=O) groups is 1. The Bertz CT molecular complexity index is 586. The molecule has 0 fully saturated rings. The molecule has 6 heteroatoms. The summed E-state index contributed by atoms with van der Waals surface area (Å²) in [5.41, 5.74) is 1.98. The second-order valence-electron chi connectivity index (χ2n) is 5.55. The van der Waals surface area contributed by atoms with Gasteiger partial charge in [-0.3, -0.25) is 4.79 Å². The summed E-state index contributed by atoms with van der Waals surface area (Å²) in [7, 11) is 0. The number of carbonyl (C=O) groups excluding carboxylic acids is 1. The number of hydrogen-bond acceptors (Lipinski definition) is 3. The number of fused-ring (bicyclic) bond motifs is 1. The maximum atomic E-state index is 11.5. The first-order valence-corrected chi connectivity index (χ1v) is 8.02. The highest BCUT2D eigenvalue weighted by Crippen LogP contribution is 2.36. The van der Waals surface area contributed by atoms with E-state index in [4.69, 9.17) is 27.9 Å². The summed E-state index contributed by atoms with van der Waals surface area (Å²) >= 11 is 12.1. The highest BCUT2D eigenvalue weighted by Gasteiger charge is 2.15. The highest BCUT2D eigenvalue weighted by atomic mass is 35.5. The van der Waals surface area contributed by atoms with Gasteiger partial charge in [0.05, 0.1) is 5.02 Å². The molecule has 0 aromatic heterocycles. The van der Waals surface area contributed by atoms with E-state index in [9.17, 15) is 4.79 Å². The zero-order valence-corrected chi connectivity index (χ0v) is 14.2. The number of nitrogens with one attached hydrogen (secondary N) is 2.